The summed E-state index contributed by atoms with van der Waals surface area (Å²) in [5.41, 5.74) is 10.3. The largest absolute Gasteiger partial charge is 0.464 e. The standard InChI is InChI=1S/C19H26N2O2.ClH/c1-12-7-8-16-15(11-23-19(16)13(12)2)10-18(22)21-9-5-4-6-17(21)14(3)20;/h7-8,11,14,17H,4-6,9-10,20H2,1-3H3;1H. The smallest absolute Gasteiger partial charge is 0.227 e. The molecular weight excluding hydrogens is 324 g/mol. The molecule has 2 N–H and O–H groups in total. The van der Waals surface area contributed by atoms with Crippen molar-refractivity contribution in [2.45, 2.75) is 58.5 Å². The maximum atomic E-state index is 12.8. The van der Waals surface area contributed by atoms with Gasteiger partial charge in [0, 0.05) is 29.6 Å². The van der Waals surface area contributed by atoms with E-state index in [-0.39, 0.29) is 30.4 Å². The molecule has 5 heteroatoms. The highest BCUT2D eigenvalue weighted by molar-refractivity contribution is 5.89. The number of carbonyl (C=O) groups excluding carboxylic acids is 1. The number of hydrogen-bond donors (Lipinski definition) is 1. The van der Waals surface area contributed by atoms with Crippen molar-refractivity contribution in [3.63, 3.8) is 0 Å². The van der Waals surface area contributed by atoms with E-state index >= 15 is 0 Å². The van der Waals surface area contributed by atoms with Crippen molar-refractivity contribution in [2.24, 2.45) is 5.73 Å². The van der Waals surface area contributed by atoms with E-state index < -0.39 is 0 Å². The molecule has 1 saturated heterocycles. The third kappa shape index (κ3) is 3.45. The van der Waals surface area contributed by atoms with Crippen molar-refractivity contribution in [2.75, 3.05) is 6.54 Å². The van der Waals surface area contributed by atoms with E-state index in [1.165, 1.54) is 5.56 Å². The van der Waals surface area contributed by atoms with Crippen LogP contribution in [0.15, 0.2) is 22.8 Å². The number of nitrogens with two attached hydrogens (primary N) is 1. The third-order valence-corrected chi connectivity index (χ3v) is 5.16. The maximum absolute atomic E-state index is 12.8. The molecule has 1 aliphatic rings. The predicted octanol–water partition coefficient (Wildman–Crippen LogP) is 3.74. The monoisotopic (exact) mass is 350 g/mol. The predicted molar refractivity (Wildman–Crippen MR) is 99.6 cm³/mol. The van der Waals surface area contributed by atoms with Gasteiger partial charge in [-0.1, -0.05) is 12.1 Å². The van der Waals surface area contributed by atoms with E-state index in [0.717, 1.165) is 47.9 Å². The minimum absolute atomic E-state index is 0. The highest BCUT2D eigenvalue weighted by Crippen LogP contribution is 2.28. The molecule has 2 aromatic rings. The molecule has 2 unspecified atom stereocenters. The summed E-state index contributed by atoms with van der Waals surface area (Å²) in [6.07, 6.45) is 5.36. The lowest BCUT2D eigenvalue weighted by molar-refractivity contribution is -0.134. The van der Waals surface area contributed by atoms with E-state index in [2.05, 4.69) is 26.0 Å². The fourth-order valence-corrected chi connectivity index (χ4v) is 3.60. The summed E-state index contributed by atoms with van der Waals surface area (Å²) in [5.74, 6) is 0.160. The molecule has 0 aliphatic carbocycles. The second-order valence-electron chi connectivity index (χ2n) is 6.83. The van der Waals surface area contributed by atoms with Crippen LogP contribution in [0.2, 0.25) is 0 Å². The SMILES string of the molecule is Cc1ccc2c(CC(=O)N3CCCCC3C(C)N)coc2c1C.Cl. The zero-order valence-corrected chi connectivity index (χ0v) is 15.5. The van der Waals surface area contributed by atoms with Gasteiger partial charge in [0.1, 0.15) is 5.58 Å². The van der Waals surface area contributed by atoms with E-state index in [4.69, 9.17) is 10.2 Å². The number of rotatable bonds is 3. The van der Waals surface area contributed by atoms with Gasteiger partial charge in [-0.2, -0.15) is 0 Å². The first-order chi connectivity index (χ1) is 11.0. The summed E-state index contributed by atoms with van der Waals surface area (Å²) in [5, 5.41) is 1.05. The number of hydrogen-bond acceptors (Lipinski definition) is 3. The van der Waals surface area contributed by atoms with Gasteiger partial charge in [-0.05, 0) is 51.2 Å². The number of halogens is 1. The van der Waals surface area contributed by atoms with Gasteiger partial charge < -0.3 is 15.1 Å². The van der Waals surface area contributed by atoms with Crippen LogP contribution in [0, 0.1) is 13.8 Å². The number of amides is 1. The summed E-state index contributed by atoms with van der Waals surface area (Å²) >= 11 is 0. The average Bonchev–Trinajstić information content (AvgIpc) is 2.94. The van der Waals surface area contributed by atoms with Gasteiger partial charge >= 0.3 is 0 Å². The molecule has 1 fully saturated rings. The van der Waals surface area contributed by atoms with Crippen LogP contribution >= 0.6 is 12.4 Å². The summed E-state index contributed by atoms with van der Waals surface area (Å²) in [7, 11) is 0. The van der Waals surface area contributed by atoms with E-state index in [1.807, 2.05) is 11.8 Å². The van der Waals surface area contributed by atoms with Gasteiger partial charge in [-0.3, -0.25) is 4.79 Å². The topological polar surface area (TPSA) is 59.5 Å². The van der Waals surface area contributed by atoms with E-state index in [9.17, 15) is 4.79 Å². The number of furan rings is 1. The Labute approximate surface area is 149 Å². The maximum Gasteiger partial charge on any atom is 0.227 e. The normalized spacial score (nSPS) is 19.2. The van der Waals surface area contributed by atoms with Crippen LogP contribution in [0.3, 0.4) is 0 Å². The molecular formula is C19H27ClN2O2. The molecule has 1 aromatic carbocycles. The lowest BCUT2D eigenvalue weighted by Crippen LogP contribution is -2.52. The number of benzene rings is 1. The minimum atomic E-state index is 0. The van der Waals surface area contributed by atoms with Crippen molar-refractivity contribution in [1.82, 2.24) is 4.90 Å². The van der Waals surface area contributed by atoms with E-state index in [1.54, 1.807) is 6.26 Å². The Morgan fingerprint density at radius 3 is 2.83 bits per heavy atom. The van der Waals surface area contributed by atoms with Crippen LogP contribution in [-0.2, 0) is 11.2 Å². The Morgan fingerprint density at radius 1 is 1.38 bits per heavy atom. The van der Waals surface area contributed by atoms with Gasteiger partial charge in [0.25, 0.3) is 0 Å². The Balaban J connectivity index is 0.00000208. The fourth-order valence-electron chi connectivity index (χ4n) is 3.60. The lowest BCUT2D eigenvalue weighted by atomic mass is 9.96. The molecule has 3 rings (SSSR count). The first-order valence-electron chi connectivity index (χ1n) is 8.50. The molecule has 0 radical (unpaired) electrons. The van der Waals surface area contributed by atoms with Gasteiger partial charge in [-0.15, -0.1) is 12.4 Å². The molecule has 1 aromatic heterocycles. The Morgan fingerprint density at radius 2 is 2.12 bits per heavy atom. The van der Waals surface area contributed by atoms with E-state index in [0.29, 0.717) is 6.42 Å². The Kier molecular flexibility index (Phi) is 5.94. The van der Waals surface area contributed by atoms with Crippen LogP contribution in [0.25, 0.3) is 11.0 Å². The summed E-state index contributed by atoms with van der Waals surface area (Å²) in [6, 6.07) is 4.33. The molecule has 1 aliphatic heterocycles. The second kappa shape index (κ2) is 7.58. The molecule has 2 heterocycles. The molecule has 4 nitrogen and oxygen atoms in total. The number of carbonyl (C=O) groups is 1. The van der Waals surface area contributed by atoms with Crippen LogP contribution < -0.4 is 5.73 Å². The molecule has 0 saturated carbocycles. The second-order valence-corrected chi connectivity index (χ2v) is 6.83. The molecule has 1 amide bonds. The zero-order chi connectivity index (χ0) is 16.6. The number of likely N-dealkylation sites (tertiary alicyclic amines) is 1. The summed E-state index contributed by atoms with van der Waals surface area (Å²) in [4.78, 5) is 14.8. The number of fused-ring (bicyclic) bond motifs is 1. The molecule has 0 spiro atoms. The van der Waals surface area contributed by atoms with Crippen molar-refractivity contribution >= 4 is 29.3 Å². The molecule has 132 valence electrons. The number of aryl methyl sites for hydroxylation is 2. The van der Waals surface area contributed by atoms with Crippen LogP contribution in [0.4, 0.5) is 0 Å². The summed E-state index contributed by atoms with van der Waals surface area (Å²) < 4.78 is 5.73. The average molecular weight is 351 g/mol. The quantitative estimate of drug-likeness (QED) is 0.917. The first-order valence-corrected chi connectivity index (χ1v) is 8.50. The van der Waals surface area contributed by atoms with Crippen LogP contribution in [0.1, 0.15) is 42.9 Å². The fraction of sp³-hybridized carbons (Fsp3) is 0.526. The van der Waals surface area contributed by atoms with Crippen LogP contribution in [0.5, 0.6) is 0 Å². The molecule has 2 atom stereocenters. The summed E-state index contributed by atoms with van der Waals surface area (Å²) in [6.45, 7) is 6.95. The van der Waals surface area contributed by atoms with Crippen molar-refractivity contribution in [3.8, 4) is 0 Å². The molecule has 0 bridgehead atoms. The first kappa shape index (κ1) is 18.8. The van der Waals surface area contributed by atoms with Gasteiger partial charge in [-0.25, -0.2) is 0 Å². The minimum Gasteiger partial charge on any atom is -0.464 e. The third-order valence-electron chi connectivity index (χ3n) is 5.16. The highest BCUT2D eigenvalue weighted by Gasteiger charge is 2.29. The number of nitrogens with zero attached hydrogens (tertiary/aromatic N) is 1. The van der Waals surface area contributed by atoms with Crippen molar-refractivity contribution in [3.05, 3.63) is 35.1 Å². The lowest BCUT2D eigenvalue weighted by Gasteiger charge is -2.38. The van der Waals surface area contributed by atoms with Crippen LogP contribution in [-0.4, -0.2) is 29.4 Å². The molecule has 24 heavy (non-hydrogen) atoms. The van der Waals surface area contributed by atoms with Crippen molar-refractivity contribution < 1.29 is 9.21 Å². The van der Waals surface area contributed by atoms with Gasteiger partial charge in [0.2, 0.25) is 5.91 Å². The van der Waals surface area contributed by atoms with Gasteiger partial charge in [0.15, 0.2) is 0 Å². The highest BCUT2D eigenvalue weighted by atomic mass is 35.5. The number of piperidine rings is 1. The Bertz CT molecular complexity index is 723. The van der Waals surface area contributed by atoms with Crippen molar-refractivity contribution in [1.29, 1.82) is 0 Å². The zero-order valence-electron chi connectivity index (χ0n) is 14.7. The van der Waals surface area contributed by atoms with Gasteiger partial charge in [0.05, 0.1) is 12.7 Å². The Hall–Kier alpha value is -1.52.